The van der Waals surface area contributed by atoms with Crippen LogP contribution >= 0.6 is 23.5 Å². The van der Waals surface area contributed by atoms with E-state index in [4.69, 9.17) is 0 Å². The zero-order valence-corrected chi connectivity index (χ0v) is 19.8. The van der Waals surface area contributed by atoms with E-state index in [-0.39, 0.29) is 46.1 Å². The van der Waals surface area contributed by atoms with Crippen LogP contribution in [0.15, 0.2) is 24.3 Å². The Morgan fingerprint density at radius 2 is 1.07 bits per heavy atom. The Balaban J connectivity index is -0.000000411. The molecule has 27 heavy (non-hydrogen) atoms. The summed E-state index contributed by atoms with van der Waals surface area (Å²) in [7, 11) is -8.25. The Hall–Kier alpha value is 0.106. The average molecular weight is 471 g/mol. The second kappa shape index (κ2) is 18.2. The fourth-order valence-electron chi connectivity index (χ4n) is 1.19. The van der Waals surface area contributed by atoms with Gasteiger partial charge in [0.05, 0.1) is 20.2 Å². The molecule has 0 atom stereocenters. The number of hydrogen-bond acceptors (Lipinski definition) is 10. The summed E-state index contributed by atoms with van der Waals surface area (Å²) in [6.45, 7) is 3.45. The van der Waals surface area contributed by atoms with Crippen molar-refractivity contribution in [2.45, 2.75) is 26.7 Å². The number of rotatable bonds is 10. The van der Waals surface area contributed by atoms with Crippen molar-refractivity contribution in [3.05, 3.63) is 24.3 Å². The van der Waals surface area contributed by atoms with Gasteiger partial charge in [-0.2, -0.15) is 0 Å². The van der Waals surface area contributed by atoms with Crippen LogP contribution < -0.4 is 0 Å². The molecule has 0 aromatic rings. The van der Waals surface area contributed by atoms with E-state index in [0.29, 0.717) is 11.5 Å². The Bertz CT molecular complexity index is 624. The number of carbonyl (C=O) groups is 2. The molecule has 0 radical (unpaired) electrons. The van der Waals surface area contributed by atoms with Gasteiger partial charge in [0.15, 0.2) is 0 Å². The monoisotopic (exact) mass is 470 g/mol. The van der Waals surface area contributed by atoms with E-state index in [2.05, 4.69) is 0 Å². The van der Waals surface area contributed by atoms with Gasteiger partial charge in [-0.15, -0.1) is 0 Å². The summed E-state index contributed by atoms with van der Waals surface area (Å²) < 4.78 is 60.8. The minimum Gasteiger partial charge on any atom is -0.748 e. The van der Waals surface area contributed by atoms with Crippen LogP contribution in [0.5, 0.6) is 0 Å². The summed E-state index contributed by atoms with van der Waals surface area (Å²) in [6, 6.07) is 0. The number of allylic oxidation sites excluding steroid dienone is 2. The smallest absolute Gasteiger partial charge is 0.748 e. The molecule has 0 saturated heterocycles. The third-order valence-electron chi connectivity index (χ3n) is 2.17. The first-order valence-corrected chi connectivity index (χ1v) is 12.5. The van der Waals surface area contributed by atoms with Gasteiger partial charge in [0.25, 0.3) is 0 Å². The Kier molecular flexibility index (Phi) is 21.4. The van der Waals surface area contributed by atoms with Gasteiger partial charge in [0.1, 0.15) is 0 Å². The maximum Gasteiger partial charge on any atom is 2.00 e. The summed E-state index contributed by atoms with van der Waals surface area (Å²) in [5.41, 5.74) is 0. The zero-order valence-electron chi connectivity index (χ0n) is 15.2. The Morgan fingerprint density at radius 1 is 0.778 bits per heavy atom. The number of carbonyl (C=O) groups excluding carboxylic acids is 2. The predicted molar refractivity (Wildman–Crippen MR) is 109 cm³/mol. The Labute approximate surface area is 185 Å². The van der Waals surface area contributed by atoms with Crippen LogP contribution in [0.25, 0.3) is 0 Å². The summed E-state index contributed by atoms with van der Waals surface area (Å²) in [5.74, 6) is -0.0679. The molecule has 8 nitrogen and oxygen atoms in total. The molecule has 0 spiro atoms. The maximum absolute atomic E-state index is 10.8. The second-order valence-electron chi connectivity index (χ2n) is 4.57. The van der Waals surface area contributed by atoms with Crippen molar-refractivity contribution >= 4 is 77.0 Å². The third-order valence-corrected chi connectivity index (χ3v) is 5.58. The molecule has 0 fully saturated rings. The molecule has 0 aliphatic rings. The SMILES string of the molecule is CC=CC(=O)SCCCS(=O)(=O)[O-].CC=CC(=O)SCCCS(=O)(=O)[O-].[Mg+2]. The van der Waals surface area contributed by atoms with E-state index < -0.39 is 31.7 Å². The van der Waals surface area contributed by atoms with E-state index in [1.54, 1.807) is 26.0 Å². The van der Waals surface area contributed by atoms with Crippen LogP contribution in [0.3, 0.4) is 0 Å². The first kappa shape index (κ1) is 31.8. The normalized spacial score (nSPS) is 11.7. The number of thioether (sulfide) groups is 2. The fourth-order valence-corrected chi connectivity index (χ4v) is 3.99. The van der Waals surface area contributed by atoms with Crippen molar-refractivity contribution in [1.82, 2.24) is 0 Å². The third kappa shape index (κ3) is 31.0. The van der Waals surface area contributed by atoms with Crippen molar-refractivity contribution in [3.8, 4) is 0 Å². The van der Waals surface area contributed by atoms with Gasteiger partial charge in [-0.05, 0) is 38.8 Å². The molecule has 152 valence electrons. The van der Waals surface area contributed by atoms with Gasteiger partial charge in [-0.25, -0.2) is 16.8 Å². The molecule has 0 heterocycles. The minimum atomic E-state index is -4.13. The summed E-state index contributed by atoms with van der Waals surface area (Å²) in [6.07, 6.45) is 6.46. The van der Waals surface area contributed by atoms with Crippen molar-refractivity contribution in [2.24, 2.45) is 0 Å². The molecular weight excluding hydrogens is 449 g/mol. The molecular formula is C14H22MgO8S4. The van der Waals surface area contributed by atoms with Gasteiger partial charge in [-0.3, -0.25) is 9.59 Å². The van der Waals surface area contributed by atoms with Gasteiger partial charge < -0.3 is 9.11 Å². The van der Waals surface area contributed by atoms with Crippen LogP contribution in [-0.2, 0) is 29.8 Å². The molecule has 0 N–H and O–H groups in total. The molecule has 0 amide bonds. The van der Waals surface area contributed by atoms with Crippen molar-refractivity contribution in [3.63, 3.8) is 0 Å². The van der Waals surface area contributed by atoms with Crippen LogP contribution in [0.1, 0.15) is 26.7 Å². The summed E-state index contributed by atoms with van der Waals surface area (Å²) in [5, 5.41) is -0.239. The van der Waals surface area contributed by atoms with E-state index in [0.717, 1.165) is 23.5 Å². The number of hydrogen-bond donors (Lipinski definition) is 0. The average Bonchev–Trinajstić information content (AvgIpc) is 2.48. The van der Waals surface area contributed by atoms with Gasteiger partial charge in [-0.1, -0.05) is 35.7 Å². The standard InChI is InChI=1S/2C7H12O4S2.Mg/c2*1-2-4-7(8)12-5-3-6-13(9,10)11;/h2*2,4H,3,5-6H2,1H3,(H,9,10,11);/q;;+2/p-2. The van der Waals surface area contributed by atoms with E-state index >= 15 is 0 Å². The van der Waals surface area contributed by atoms with Gasteiger partial charge >= 0.3 is 23.1 Å². The minimum absolute atomic E-state index is 0. The molecule has 13 heteroatoms. The predicted octanol–water partition coefficient (Wildman–Crippen LogP) is 1.13. The topological polar surface area (TPSA) is 149 Å². The molecule has 0 aromatic carbocycles. The van der Waals surface area contributed by atoms with Crippen molar-refractivity contribution in [2.75, 3.05) is 23.0 Å². The molecule has 0 bridgehead atoms. The van der Waals surface area contributed by atoms with Crippen LogP contribution in [0.4, 0.5) is 0 Å². The molecule has 0 aliphatic carbocycles. The van der Waals surface area contributed by atoms with E-state index in [1.165, 1.54) is 12.2 Å². The van der Waals surface area contributed by atoms with Crippen molar-refractivity contribution in [1.29, 1.82) is 0 Å². The van der Waals surface area contributed by atoms with Crippen LogP contribution in [0, 0.1) is 0 Å². The van der Waals surface area contributed by atoms with E-state index in [9.17, 15) is 35.5 Å². The van der Waals surface area contributed by atoms with Gasteiger partial charge in [0, 0.05) is 23.0 Å². The summed E-state index contributed by atoms with van der Waals surface area (Å²) >= 11 is 2.03. The van der Waals surface area contributed by atoms with Crippen LogP contribution in [-0.4, -0.2) is 82.2 Å². The molecule has 0 unspecified atom stereocenters. The largest absolute Gasteiger partial charge is 2.00 e. The molecule has 0 aliphatic heterocycles. The van der Waals surface area contributed by atoms with E-state index in [1.807, 2.05) is 0 Å². The molecule has 0 aromatic heterocycles. The molecule has 0 rings (SSSR count). The first-order valence-electron chi connectivity index (χ1n) is 7.37. The zero-order chi connectivity index (χ0) is 20.6. The Morgan fingerprint density at radius 3 is 1.30 bits per heavy atom. The van der Waals surface area contributed by atoms with Crippen LogP contribution in [0.2, 0.25) is 0 Å². The maximum atomic E-state index is 10.8. The summed E-state index contributed by atoms with van der Waals surface area (Å²) in [4.78, 5) is 21.6. The van der Waals surface area contributed by atoms with Gasteiger partial charge in [0.2, 0.25) is 10.2 Å². The first-order chi connectivity index (χ1) is 11.9. The fraction of sp³-hybridized carbons (Fsp3) is 0.571. The second-order valence-corrected chi connectivity index (χ2v) is 9.81. The van der Waals surface area contributed by atoms with Crippen molar-refractivity contribution < 1.29 is 35.5 Å². The quantitative estimate of drug-likeness (QED) is 0.197. The molecule has 0 saturated carbocycles.